The number of anilines is 2. The first-order valence-corrected chi connectivity index (χ1v) is 16.4. The van der Waals surface area contributed by atoms with E-state index in [2.05, 4.69) is 31.6 Å². The van der Waals surface area contributed by atoms with Gasteiger partial charge in [0.15, 0.2) is 0 Å². The molecule has 1 saturated carbocycles. The summed E-state index contributed by atoms with van der Waals surface area (Å²) in [6.07, 6.45) is 11.5. The number of nitriles is 1. The number of hydrogen-bond acceptors (Lipinski definition) is 11. The molecule has 1 saturated heterocycles. The number of benzene rings is 1. The maximum atomic E-state index is 9.58. The zero-order chi connectivity index (χ0) is 33.2. The van der Waals surface area contributed by atoms with Crippen molar-refractivity contribution in [3.63, 3.8) is 0 Å². The molecule has 0 unspecified atom stereocenters. The highest BCUT2D eigenvalue weighted by molar-refractivity contribution is 5.67. The lowest BCUT2D eigenvalue weighted by Crippen LogP contribution is -2.45. The van der Waals surface area contributed by atoms with Crippen LogP contribution in [0.2, 0.25) is 0 Å². The molecule has 3 heterocycles. The van der Waals surface area contributed by atoms with E-state index >= 15 is 0 Å². The molecule has 252 valence electrons. The summed E-state index contributed by atoms with van der Waals surface area (Å²) in [5, 5.41) is 27.8. The van der Waals surface area contributed by atoms with E-state index in [1.807, 2.05) is 43.8 Å². The molecular weight excluding hydrogens is 598 g/mol. The van der Waals surface area contributed by atoms with Crippen molar-refractivity contribution in [1.82, 2.24) is 30.0 Å². The van der Waals surface area contributed by atoms with Crippen LogP contribution >= 0.6 is 0 Å². The highest BCUT2D eigenvalue weighted by Gasteiger charge is 2.29. The van der Waals surface area contributed by atoms with Gasteiger partial charge in [0.2, 0.25) is 5.95 Å². The molecular formula is C34H47N9O4. The Morgan fingerprint density at radius 3 is 2.53 bits per heavy atom. The van der Waals surface area contributed by atoms with Crippen LogP contribution in [0.1, 0.15) is 64.5 Å². The van der Waals surface area contributed by atoms with Gasteiger partial charge in [-0.3, -0.25) is 15.0 Å². The van der Waals surface area contributed by atoms with Crippen molar-refractivity contribution in [3.05, 3.63) is 42.4 Å². The van der Waals surface area contributed by atoms with Crippen molar-refractivity contribution in [1.29, 1.82) is 10.7 Å². The largest absolute Gasteiger partial charge is 0.487 e. The summed E-state index contributed by atoms with van der Waals surface area (Å²) in [4.78, 5) is 11.8. The maximum absolute atomic E-state index is 9.58. The number of methoxy groups -OCH3 is 1. The van der Waals surface area contributed by atoms with Crippen LogP contribution in [0.4, 0.5) is 11.6 Å². The Kier molecular flexibility index (Phi) is 11.6. The van der Waals surface area contributed by atoms with Crippen molar-refractivity contribution < 1.29 is 18.9 Å². The second-order valence-corrected chi connectivity index (χ2v) is 12.7. The Hall–Kier alpha value is -4.25. The summed E-state index contributed by atoms with van der Waals surface area (Å²) in [5.41, 5.74) is 2.44. The van der Waals surface area contributed by atoms with Crippen LogP contribution in [0.15, 0.2) is 36.8 Å². The minimum absolute atomic E-state index is 0.237. The lowest BCUT2D eigenvalue weighted by atomic mass is 9.90. The second kappa shape index (κ2) is 16.0. The average Bonchev–Trinajstić information content (AvgIpc) is 3.50. The van der Waals surface area contributed by atoms with Crippen molar-refractivity contribution >= 4 is 18.0 Å². The van der Waals surface area contributed by atoms with E-state index in [0.717, 1.165) is 69.5 Å². The van der Waals surface area contributed by atoms with Gasteiger partial charge in [0.25, 0.3) is 5.88 Å². The van der Waals surface area contributed by atoms with Gasteiger partial charge in [0, 0.05) is 50.6 Å². The molecule has 0 amide bonds. The SMILES string of the molecule is COC(C)(C)CCOc1nn([C@H]2CC[C@H](N3CCOCC3)CC2)cc1Nc1ncc(-c2ccc(C#N)c(O[C@@H](C)CNC=N)c2)cn1. The molecule has 5 rings (SSSR count). The number of hydrogen-bond donors (Lipinski definition) is 3. The van der Waals surface area contributed by atoms with E-state index in [9.17, 15) is 5.26 Å². The van der Waals surface area contributed by atoms with Crippen LogP contribution < -0.4 is 20.1 Å². The Morgan fingerprint density at radius 2 is 1.85 bits per heavy atom. The molecule has 13 heteroatoms. The van der Waals surface area contributed by atoms with E-state index in [1.54, 1.807) is 25.6 Å². The highest BCUT2D eigenvalue weighted by Crippen LogP contribution is 2.35. The van der Waals surface area contributed by atoms with Gasteiger partial charge in [-0.1, -0.05) is 6.07 Å². The fraction of sp³-hybridized carbons (Fsp3) is 0.559. The second-order valence-electron chi connectivity index (χ2n) is 12.7. The molecule has 0 spiro atoms. The zero-order valence-corrected chi connectivity index (χ0v) is 27.9. The van der Waals surface area contributed by atoms with Gasteiger partial charge >= 0.3 is 0 Å². The first-order chi connectivity index (χ1) is 22.8. The summed E-state index contributed by atoms with van der Waals surface area (Å²) >= 11 is 0. The van der Waals surface area contributed by atoms with Crippen LogP contribution in [-0.2, 0) is 9.47 Å². The molecule has 13 nitrogen and oxygen atoms in total. The van der Waals surface area contributed by atoms with Crippen LogP contribution in [-0.4, -0.2) is 95.3 Å². The summed E-state index contributed by atoms with van der Waals surface area (Å²) in [7, 11) is 1.71. The lowest BCUT2D eigenvalue weighted by Gasteiger charge is -2.38. The minimum atomic E-state index is -0.307. The van der Waals surface area contributed by atoms with Gasteiger partial charge in [-0.15, -0.1) is 5.10 Å². The average molecular weight is 646 g/mol. The third-order valence-corrected chi connectivity index (χ3v) is 8.97. The number of morpholine rings is 1. The Balaban J connectivity index is 1.29. The van der Waals surface area contributed by atoms with E-state index in [4.69, 9.17) is 29.5 Å². The van der Waals surface area contributed by atoms with Crippen molar-refractivity contribution in [2.24, 2.45) is 0 Å². The fourth-order valence-electron chi connectivity index (χ4n) is 5.92. The van der Waals surface area contributed by atoms with Crippen LogP contribution in [0, 0.1) is 16.7 Å². The first-order valence-electron chi connectivity index (χ1n) is 16.4. The highest BCUT2D eigenvalue weighted by atomic mass is 16.5. The van der Waals surface area contributed by atoms with E-state index < -0.39 is 0 Å². The van der Waals surface area contributed by atoms with Crippen molar-refractivity contribution in [3.8, 4) is 28.8 Å². The third kappa shape index (κ3) is 9.18. The number of aromatic nitrogens is 4. The predicted molar refractivity (Wildman–Crippen MR) is 179 cm³/mol. The molecule has 1 aliphatic carbocycles. The van der Waals surface area contributed by atoms with Gasteiger partial charge in [0.05, 0.1) is 56.1 Å². The number of nitrogens with zero attached hydrogens (tertiary/aromatic N) is 6. The van der Waals surface area contributed by atoms with Crippen LogP contribution in [0.3, 0.4) is 0 Å². The molecule has 2 fully saturated rings. The Morgan fingerprint density at radius 1 is 1.13 bits per heavy atom. The van der Waals surface area contributed by atoms with Gasteiger partial charge in [-0.25, -0.2) is 9.97 Å². The van der Waals surface area contributed by atoms with E-state index in [-0.39, 0.29) is 11.7 Å². The van der Waals surface area contributed by atoms with E-state index in [1.165, 1.54) is 0 Å². The fourth-order valence-corrected chi connectivity index (χ4v) is 5.92. The molecule has 2 aliphatic rings. The Bertz CT molecular complexity index is 1490. The van der Waals surface area contributed by atoms with Gasteiger partial charge in [-0.05, 0) is 64.2 Å². The minimum Gasteiger partial charge on any atom is -0.487 e. The summed E-state index contributed by atoms with van der Waals surface area (Å²) in [6.45, 7) is 10.5. The number of ether oxygens (including phenoxy) is 4. The number of nitrogens with one attached hydrogen (secondary N) is 3. The number of rotatable bonds is 15. The third-order valence-electron chi connectivity index (χ3n) is 8.97. The molecule has 3 N–H and O–H groups in total. The topological polar surface area (TPSA) is 155 Å². The quantitative estimate of drug-likeness (QED) is 0.152. The molecule has 1 aliphatic heterocycles. The molecule has 3 aromatic rings. The standard InChI is InChI=1S/C34H47N9O4/c1-24(19-37-23-36)47-31-17-25(5-6-26(31)18-35)27-20-38-33(39-21-27)40-30-22-43(41-32(30)46-14-11-34(2,3)44-4)29-9-7-28(8-10-29)42-12-15-45-16-13-42/h5-6,17,20-24,28-29H,7-16,19H2,1-4H3,(H2,36,37)(H,38,39,40)/t24-,28-,29-/m0/s1. The smallest absolute Gasteiger partial charge is 0.256 e. The molecule has 0 bridgehead atoms. The van der Waals surface area contributed by atoms with E-state index in [0.29, 0.717) is 60.5 Å². The maximum Gasteiger partial charge on any atom is 0.256 e. The normalized spacial score (nSPS) is 19.4. The van der Waals surface area contributed by atoms with Crippen molar-refractivity contribution in [2.45, 2.75) is 76.7 Å². The molecule has 47 heavy (non-hydrogen) atoms. The van der Waals surface area contributed by atoms with Crippen LogP contribution in [0.25, 0.3) is 11.1 Å². The summed E-state index contributed by atoms with van der Waals surface area (Å²) in [5.74, 6) is 1.40. The molecule has 2 aromatic heterocycles. The predicted octanol–water partition coefficient (Wildman–Crippen LogP) is 4.93. The summed E-state index contributed by atoms with van der Waals surface area (Å²) < 4.78 is 25.4. The van der Waals surface area contributed by atoms with Gasteiger partial charge < -0.3 is 29.6 Å². The molecule has 1 atom stereocenters. The lowest BCUT2D eigenvalue weighted by molar-refractivity contribution is 0.00409. The van der Waals surface area contributed by atoms with Gasteiger partial charge in [0.1, 0.15) is 23.6 Å². The summed E-state index contributed by atoms with van der Waals surface area (Å²) in [6, 6.07) is 8.47. The van der Waals surface area contributed by atoms with Crippen LogP contribution in [0.5, 0.6) is 11.6 Å². The first kappa shape index (κ1) is 34.1. The zero-order valence-electron chi connectivity index (χ0n) is 27.9. The van der Waals surface area contributed by atoms with Gasteiger partial charge in [-0.2, -0.15) is 5.26 Å². The van der Waals surface area contributed by atoms with Crippen molar-refractivity contribution in [2.75, 3.05) is 51.9 Å². The molecule has 0 radical (unpaired) electrons. The molecule has 1 aromatic carbocycles. The Labute approximate surface area is 277 Å². The monoisotopic (exact) mass is 645 g/mol.